The lowest BCUT2D eigenvalue weighted by Gasteiger charge is -2.30. The molecule has 1 aromatic rings. The molecule has 0 bridgehead atoms. The van der Waals surface area contributed by atoms with Crippen LogP contribution in [0.5, 0.6) is 0 Å². The molecule has 1 nitrogen and oxygen atoms in total. The van der Waals surface area contributed by atoms with E-state index in [1.807, 2.05) is 18.7 Å². The van der Waals surface area contributed by atoms with Crippen molar-refractivity contribution in [3.05, 3.63) is 29.3 Å². The Morgan fingerprint density at radius 3 is 2.60 bits per heavy atom. The van der Waals surface area contributed by atoms with Gasteiger partial charge in [-0.1, -0.05) is 49.2 Å². The van der Waals surface area contributed by atoms with Gasteiger partial charge in [0.05, 0.1) is 0 Å². The van der Waals surface area contributed by atoms with Crippen molar-refractivity contribution in [2.24, 2.45) is 0 Å². The molecule has 0 amide bonds. The third kappa shape index (κ3) is 4.29. The van der Waals surface area contributed by atoms with Crippen molar-refractivity contribution in [3.63, 3.8) is 0 Å². The van der Waals surface area contributed by atoms with Gasteiger partial charge in [-0.3, -0.25) is 4.79 Å². The maximum atomic E-state index is 11.8. The Hall–Kier alpha value is -0.410. The second kappa shape index (κ2) is 7.56. The zero-order valence-electron chi connectivity index (χ0n) is 12.6. The molecule has 2 atom stereocenters. The average Bonchev–Trinajstić information content (AvgIpc) is 2.44. The molecule has 0 aromatic heterocycles. The molecule has 1 aliphatic carbocycles. The number of hydrogen-bond donors (Lipinski definition) is 0. The minimum absolute atomic E-state index is 0.350. The number of hydrogen-bond acceptors (Lipinski definition) is 3. The third-order valence-corrected chi connectivity index (χ3v) is 6.99. The molecule has 2 rings (SSSR count). The van der Waals surface area contributed by atoms with Crippen LogP contribution in [0.4, 0.5) is 0 Å². The summed E-state index contributed by atoms with van der Waals surface area (Å²) in [4.78, 5) is 13.1. The Balaban J connectivity index is 2.08. The highest BCUT2D eigenvalue weighted by Crippen LogP contribution is 2.41. The second-order valence-electron chi connectivity index (χ2n) is 5.59. The molecule has 110 valence electrons. The summed E-state index contributed by atoms with van der Waals surface area (Å²) in [6.45, 7) is 6.30. The van der Waals surface area contributed by atoms with Crippen LogP contribution in [0.3, 0.4) is 0 Å². The molecule has 1 saturated carbocycles. The zero-order chi connectivity index (χ0) is 14.5. The SMILES string of the molecule is CCC(=O)SC1CCCCC1Sc1cc(C)ccc1C. The summed E-state index contributed by atoms with van der Waals surface area (Å²) in [5, 5.41) is 1.44. The van der Waals surface area contributed by atoms with Gasteiger partial charge in [-0.25, -0.2) is 0 Å². The maximum absolute atomic E-state index is 11.8. The maximum Gasteiger partial charge on any atom is 0.188 e. The molecule has 0 heterocycles. The highest BCUT2D eigenvalue weighted by Gasteiger charge is 2.28. The van der Waals surface area contributed by atoms with Crippen LogP contribution in [-0.2, 0) is 4.79 Å². The first-order valence-corrected chi connectivity index (χ1v) is 9.29. The van der Waals surface area contributed by atoms with Gasteiger partial charge in [-0.2, -0.15) is 0 Å². The van der Waals surface area contributed by atoms with Crippen LogP contribution >= 0.6 is 23.5 Å². The van der Waals surface area contributed by atoms with Gasteiger partial charge in [0.15, 0.2) is 5.12 Å². The quantitative estimate of drug-likeness (QED) is 0.743. The summed E-state index contributed by atoms with van der Waals surface area (Å²) in [5.41, 5.74) is 2.68. The first-order chi connectivity index (χ1) is 9.60. The lowest BCUT2D eigenvalue weighted by Crippen LogP contribution is -2.25. The van der Waals surface area contributed by atoms with Crippen LogP contribution in [-0.4, -0.2) is 15.6 Å². The van der Waals surface area contributed by atoms with Gasteiger partial charge in [0.25, 0.3) is 0 Å². The summed E-state index contributed by atoms with van der Waals surface area (Å²) in [6.07, 6.45) is 5.67. The molecule has 0 N–H and O–H groups in total. The number of rotatable bonds is 4. The summed E-state index contributed by atoms with van der Waals surface area (Å²) in [7, 11) is 0. The Bertz CT molecular complexity index is 470. The van der Waals surface area contributed by atoms with E-state index >= 15 is 0 Å². The smallest absolute Gasteiger partial charge is 0.188 e. The molecule has 20 heavy (non-hydrogen) atoms. The van der Waals surface area contributed by atoms with Crippen molar-refractivity contribution in [1.29, 1.82) is 0 Å². The van der Waals surface area contributed by atoms with Crippen molar-refractivity contribution in [3.8, 4) is 0 Å². The molecule has 3 heteroatoms. The largest absolute Gasteiger partial charge is 0.287 e. The van der Waals surface area contributed by atoms with E-state index in [1.54, 1.807) is 11.8 Å². The molecule has 0 spiro atoms. The number of benzene rings is 1. The molecule has 1 fully saturated rings. The summed E-state index contributed by atoms with van der Waals surface area (Å²) in [6, 6.07) is 6.67. The first-order valence-electron chi connectivity index (χ1n) is 7.53. The van der Waals surface area contributed by atoms with Crippen LogP contribution in [0, 0.1) is 13.8 Å². The molecule has 1 aliphatic rings. The van der Waals surface area contributed by atoms with Gasteiger partial charge < -0.3 is 0 Å². The lowest BCUT2D eigenvalue weighted by molar-refractivity contribution is -0.110. The minimum Gasteiger partial charge on any atom is -0.287 e. The fourth-order valence-corrected chi connectivity index (χ4v) is 5.40. The van der Waals surface area contributed by atoms with Crippen molar-refractivity contribution < 1.29 is 4.79 Å². The number of thioether (sulfide) groups is 2. The predicted octanol–water partition coefficient (Wildman–Crippen LogP) is 5.38. The van der Waals surface area contributed by atoms with E-state index in [4.69, 9.17) is 0 Å². The van der Waals surface area contributed by atoms with Gasteiger partial charge in [0.2, 0.25) is 0 Å². The predicted molar refractivity (Wildman–Crippen MR) is 90.7 cm³/mol. The normalized spacial score (nSPS) is 22.8. The second-order valence-corrected chi connectivity index (χ2v) is 8.17. The topological polar surface area (TPSA) is 17.1 Å². The highest BCUT2D eigenvalue weighted by molar-refractivity contribution is 8.15. The van der Waals surface area contributed by atoms with Crippen molar-refractivity contribution in [1.82, 2.24) is 0 Å². The summed E-state index contributed by atoms with van der Waals surface area (Å²) >= 11 is 3.59. The van der Waals surface area contributed by atoms with E-state index in [0.717, 1.165) is 0 Å². The molecule has 0 radical (unpaired) electrons. The van der Waals surface area contributed by atoms with Crippen molar-refractivity contribution in [2.45, 2.75) is 68.3 Å². The van der Waals surface area contributed by atoms with Crippen LogP contribution in [0.15, 0.2) is 23.1 Å². The minimum atomic E-state index is 0.350. The monoisotopic (exact) mass is 308 g/mol. The fraction of sp³-hybridized carbons (Fsp3) is 0.588. The average molecular weight is 309 g/mol. The number of aryl methyl sites for hydroxylation is 2. The van der Waals surface area contributed by atoms with E-state index < -0.39 is 0 Å². The van der Waals surface area contributed by atoms with Gasteiger partial charge >= 0.3 is 0 Å². The van der Waals surface area contributed by atoms with Crippen LogP contribution in [0.2, 0.25) is 0 Å². The Labute approximate surface area is 131 Å². The van der Waals surface area contributed by atoms with E-state index in [1.165, 1.54) is 41.7 Å². The van der Waals surface area contributed by atoms with Crippen molar-refractivity contribution in [2.75, 3.05) is 0 Å². The molecular weight excluding hydrogens is 284 g/mol. The summed E-state index contributed by atoms with van der Waals surface area (Å²) in [5.74, 6) is 0. The van der Waals surface area contributed by atoms with Crippen LogP contribution in [0.25, 0.3) is 0 Å². The molecule has 0 aliphatic heterocycles. The van der Waals surface area contributed by atoms with Gasteiger partial charge in [-0.15, -0.1) is 11.8 Å². The number of carbonyl (C=O) groups is 1. The van der Waals surface area contributed by atoms with Crippen LogP contribution in [0.1, 0.15) is 50.2 Å². The van der Waals surface area contributed by atoms with Crippen molar-refractivity contribution >= 4 is 28.6 Å². The lowest BCUT2D eigenvalue weighted by atomic mass is 10.00. The Morgan fingerprint density at radius 2 is 1.90 bits per heavy atom. The fourth-order valence-electron chi connectivity index (χ4n) is 2.58. The van der Waals surface area contributed by atoms with Gasteiger partial charge in [0.1, 0.15) is 0 Å². The first kappa shape index (κ1) is 16.0. The van der Waals surface area contributed by atoms with E-state index in [-0.39, 0.29) is 0 Å². The third-order valence-electron chi connectivity index (χ3n) is 3.84. The van der Waals surface area contributed by atoms with E-state index in [9.17, 15) is 4.79 Å². The van der Waals surface area contributed by atoms with Gasteiger partial charge in [0, 0.05) is 21.8 Å². The van der Waals surface area contributed by atoms with E-state index in [2.05, 4.69) is 32.0 Å². The zero-order valence-corrected chi connectivity index (χ0v) is 14.3. The highest BCUT2D eigenvalue weighted by atomic mass is 32.2. The molecule has 2 unspecified atom stereocenters. The Morgan fingerprint density at radius 1 is 1.20 bits per heavy atom. The van der Waals surface area contributed by atoms with E-state index in [0.29, 0.717) is 22.0 Å². The molecule has 0 saturated heterocycles. The Kier molecular flexibility index (Phi) is 6.03. The molecular formula is C17H24OS2. The number of carbonyl (C=O) groups excluding carboxylic acids is 1. The van der Waals surface area contributed by atoms with Gasteiger partial charge in [-0.05, 0) is 38.3 Å². The summed E-state index contributed by atoms with van der Waals surface area (Å²) < 4.78 is 0. The standard InChI is InChI=1S/C17H24OS2/c1-4-17(18)20-15-8-6-5-7-14(15)19-16-11-12(2)9-10-13(16)3/h9-11,14-15H,4-8H2,1-3H3. The molecule has 1 aromatic carbocycles. The van der Waals surface area contributed by atoms with Crippen LogP contribution < -0.4 is 0 Å².